The van der Waals surface area contributed by atoms with Gasteiger partial charge in [0.1, 0.15) is 5.75 Å². The van der Waals surface area contributed by atoms with Crippen molar-refractivity contribution < 1.29 is 19.1 Å². The monoisotopic (exact) mass is 380 g/mol. The van der Waals surface area contributed by atoms with Crippen molar-refractivity contribution in [3.05, 3.63) is 71.3 Å². The van der Waals surface area contributed by atoms with Crippen molar-refractivity contribution >= 4 is 23.5 Å². The summed E-state index contributed by atoms with van der Waals surface area (Å²) in [6.07, 6.45) is 2.41. The highest BCUT2D eigenvalue weighted by Crippen LogP contribution is 2.14. The first-order chi connectivity index (χ1) is 13.4. The van der Waals surface area contributed by atoms with Gasteiger partial charge < -0.3 is 15.4 Å². The van der Waals surface area contributed by atoms with Crippen LogP contribution in [0.3, 0.4) is 0 Å². The molecule has 0 atom stereocenters. The fourth-order valence-electron chi connectivity index (χ4n) is 2.36. The Morgan fingerprint density at radius 3 is 2.39 bits per heavy atom. The summed E-state index contributed by atoms with van der Waals surface area (Å²) in [6.45, 7) is 5.54. The van der Waals surface area contributed by atoms with E-state index in [1.54, 1.807) is 36.4 Å². The maximum atomic E-state index is 12.3. The zero-order chi connectivity index (χ0) is 20.5. The smallest absolute Gasteiger partial charge is 0.308 e. The standard InChI is InChI=1S/C22H24N2O4/c1-4-15(2)12-21(26)24-19-10-8-17(9-11-19)14-23-22(27)18-6-5-7-20(13-18)28-16(3)25/h5-13H,4,14H2,1-3H3,(H,23,27)(H,24,26)/b15-12+. The van der Waals surface area contributed by atoms with E-state index in [-0.39, 0.29) is 11.8 Å². The molecule has 0 unspecified atom stereocenters. The van der Waals surface area contributed by atoms with Crippen LogP contribution in [0.2, 0.25) is 0 Å². The first-order valence-electron chi connectivity index (χ1n) is 9.01. The molecule has 0 heterocycles. The highest BCUT2D eigenvalue weighted by atomic mass is 16.5. The van der Waals surface area contributed by atoms with Gasteiger partial charge in [-0.05, 0) is 49.2 Å². The molecule has 2 rings (SSSR count). The molecule has 0 radical (unpaired) electrons. The molecule has 0 aliphatic rings. The highest BCUT2D eigenvalue weighted by molar-refractivity contribution is 5.99. The zero-order valence-electron chi connectivity index (χ0n) is 16.2. The van der Waals surface area contributed by atoms with E-state index < -0.39 is 5.97 Å². The second-order valence-electron chi connectivity index (χ2n) is 6.33. The average Bonchev–Trinajstić information content (AvgIpc) is 2.66. The van der Waals surface area contributed by atoms with Crippen LogP contribution in [-0.2, 0) is 16.1 Å². The molecule has 6 nitrogen and oxygen atoms in total. The summed E-state index contributed by atoms with van der Waals surface area (Å²) >= 11 is 0. The van der Waals surface area contributed by atoms with E-state index in [2.05, 4.69) is 10.6 Å². The Morgan fingerprint density at radius 1 is 1.04 bits per heavy atom. The fraction of sp³-hybridized carbons (Fsp3) is 0.227. The lowest BCUT2D eigenvalue weighted by atomic mass is 10.1. The van der Waals surface area contributed by atoms with Crippen molar-refractivity contribution in [2.45, 2.75) is 33.7 Å². The third kappa shape index (κ3) is 6.72. The highest BCUT2D eigenvalue weighted by Gasteiger charge is 2.08. The predicted octanol–water partition coefficient (Wildman–Crippen LogP) is 3.84. The minimum Gasteiger partial charge on any atom is -0.427 e. The molecule has 2 N–H and O–H groups in total. The van der Waals surface area contributed by atoms with E-state index in [4.69, 9.17) is 4.74 Å². The summed E-state index contributed by atoms with van der Waals surface area (Å²) in [4.78, 5) is 35.2. The van der Waals surface area contributed by atoms with Crippen molar-refractivity contribution in [1.82, 2.24) is 5.32 Å². The summed E-state index contributed by atoms with van der Waals surface area (Å²) in [5, 5.41) is 5.62. The molecule has 2 aromatic carbocycles. The van der Waals surface area contributed by atoms with Gasteiger partial charge in [-0.1, -0.05) is 30.7 Å². The number of carbonyl (C=O) groups is 3. The van der Waals surface area contributed by atoms with E-state index in [1.807, 2.05) is 26.0 Å². The summed E-state index contributed by atoms with van der Waals surface area (Å²) < 4.78 is 4.99. The fourth-order valence-corrected chi connectivity index (χ4v) is 2.36. The Morgan fingerprint density at radius 2 is 1.75 bits per heavy atom. The molecule has 0 bridgehead atoms. The van der Waals surface area contributed by atoms with Crippen LogP contribution in [0.4, 0.5) is 5.69 Å². The molecule has 6 heteroatoms. The number of benzene rings is 2. The molecule has 0 fully saturated rings. The Bertz CT molecular complexity index is 886. The summed E-state index contributed by atoms with van der Waals surface area (Å²) in [7, 11) is 0. The van der Waals surface area contributed by atoms with Gasteiger partial charge in [-0.25, -0.2) is 0 Å². The number of carbonyl (C=O) groups excluding carboxylic acids is 3. The minimum atomic E-state index is -0.440. The third-order valence-corrected chi connectivity index (χ3v) is 3.97. The van der Waals surface area contributed by atoms with E-state index in [0.29, 0.717) is 23.5 Å². The Balaban J connectivity index is 1.91. The SMILES string of the molecule is CC/C(C)=C/C(=O)Nc1ccc(CNC(=O)c2cccc(OC(C)=O)c2)cc1. The molecule has 0 aliphatic heterocycles. The third-order valence-electron chi connectivity index (χ3n) is 3.97. The van der Waals surface area contributed by atoms with Crippen LogP contribution in [-0.4, -0.2) is 17.8 Å². The second-order valence-corrected chi connectivity index (χ2v) is 6.33. The molecular formula is C22H24N2O4. The van der Waals surface area contributed by atoms with E-state index >= 15 is 0 Å². The quantitative estimate of drug-likeness (QED) is 0.434. The first-order valence-corrected chi connectivity index (χ1v) is 9.01. The van der Waals surface area contributed by atoms with Gasteiger partial charge in [-0.2, -0.15) is 0 Å². The number of anilines is 1. The van der Waals surface area contributed by atoms with E-state index in [1.165, 1.54) is 13.0 Å². The van der Waals surface area contributed by atoms with Crippen LogP contribution in [0.25, 0.3) is 0 Å². The minimum absolute atomic E-state index is 0.159. The van der Waals surface area contributed by atoms with Crippen LogP contribution < -0.4 is 15.4 Å². The number of allylic oxidation sites excluding steroid dienone is 1. The van der Waals surface area contributed by atoms with Crippen LogP contribution in [0.5, 0.6) is 5.75 Å². The topological polar surface area (TPSA) is 84.5 Å². The molecule has 28 heavy (non-hydrogen) atoms. The number of amides is 2. The number of ether oxygens (including phenoxy) is 1. The molecule has 0 spiro atoms. The molecule has 2 aromatic rings. The van der Waals surface area contributed by atoms with E-state index in [9.17, 15) is 14.4 Å². The lowest BCUT2D eigenvalue weighted by molar-refractivity contribution is -0.131. The summed E-state index contributed by atoms with van der Waals surface area (Å²) in [6, 6.07) is 13.7. The van der Waals surface area contributed by atoms with Crippen LogP contribution in [0, 0.1) is 0 Å². The maximum Gasteiger partial charge on any atom is 0.308 e. The lowest BCUT2D eigenvalue weighted by Gasteiger charge is -2.08. The number of esters is 1. The van der Waals surface area contributed by atoms with Crippen molar-refractivity contribution in [1.29, 1.82) is 0 Å². The van der Waals surface area contributed by atoms with Gasteiger partial charge in [0.05, 0.1) is 0 Å². The molecule has 0 saturated heterocycles. The van der Waals surface area contributed by atoms with Crippen molar-refractivity contribution in [3.63, 3.8) is 0 Å². The first kappa shape index (κ1) is 20.9. The van der Waals surface area contributed by atoms with Crippen molar-refractivity contribution in [3.8, 4) is 5.75 Å². The van der Waals surface area contributed by atoms with Gasteiger partial charge in [0.15, 0.2) is 0 Å². The van der Waals surface area contributed by atoms with Crippen molar-refractivity contribution in [2.24, 2.45) is 0 Å². The van der Waals surface area contributed by atoms with Crippen LogP contribution in [0.15, 0.2) is 60.2 Å². The van der Waals surface area contributed by atoms with Crippen LogP contribution in [0.1, 0.15) is 43.1 Å². The van der Waals surface area contributed by atoms with Gasteiger partial charge in [0, 0.05) is 30.8 Å². The predicted molar refractivity (Wildman–Crippen MR) is 108 cm³/mol. The Hall–Kier alpha value is -3.41. The normalized spacial score (nSPS) is 10.9. The van der Waals surface area contributed by atoms with Gasteiger partial charge >= 0.3 is 5.97 Å². The Labute approximate surface area is 164 Å². The molecule has 2 amide bonds. The van der Waals surface area contributed by atoms with Crippen molar-refractivity contribution in [2.75, 3.05) is 5.32 Å². The molecular weight excluding hydrogens is 356 g/mol. The lowest BCUT2D eigenvalue weighted by Crippen LogP contribution is -2.22. The van der Waals surface area contributed by atoms with Gasteiger partial charge in [0.2, 0.25) is 5.91 Å². The summed E-state index contributed by atoms with van der Waals surface area (Å²) in [5.74, 6) is -0.544. The second kappa shape index (κ2) is 10.1. The summed E-state index contributed by atoms with van der Waals surface area (Å²) in [5.41, 5.74) is 2.99. The zero-order valence-corrected chi connectivity index (χ0v) is 16.2. The average molecular weight is 380 g/mol. The maximum absolute atomic E-state index is 12.3. The van der Waals surface area contributed by atoms with Gasteiger partial charge in [-0.15, -0.1) is 0 Å². The number of rotatable bonds is 7. The molecule has 0 aromatic heterocycles. The number of hydrogen-bond donors (Lipinski definition) is 2. The largest absolute Gasteiger partial charge is 0.427 e. The molecule has 0 saturated carbocycles. The molecule has 146 valence electrons. The number of nitrogens with one attached hydrogen (secondary N) is 2. The van der Waals surface area contributed by atoms with Gasteiger partial charge in [-0.3, -0.25) is 14.4 Å². The van der Waals surface area contributed by atoms with Gasteiger partial charge in [0.25, 0.3) is 5.91 Å². The number of hydrogen-bond acceptors (Lipinski definition) is 4. The van der Waals surface area contributed by atoms with Crippen LogP contribution >= 0.6 is 0 Å². The van der Waals surface area contributed by atoms with E-state index in [0.717, 1.165) is 17.6 Å². The molecule has 0 aliphatic carbocycles. The Kier molecular flexibility index (Phi) is 7.51.